The predicted octanol–water partition coefficient (Wildman–Crippen LogP) is 0.954. The number of hydrogen-bond donors (Lipinski definition) is 0. The number of esters is 1. The molecule has 0 aromatic heterocycles. The lowest BCUT2D eigenvalue weighted by molar-refractivity contribution is -0.175. The molecule has 0 aromatic rings. The van der Waals surface area contributed by atoms with Crippen LogP contribution in [0.4, 0.5) is 4.79 Å². The fourth-order valence-corrected chi connectivity index (χ4v) is 2.18. The number of rotatable bonds is 2. The van der Waals surface area contributed by atoms with Crippen molar-refractivity contribution < 1.29 is 28.5 Å². The summed E-state index contributed by atoms with van der Waals surface area (Å²) in [6, 6.07) is 0. The Bertz CT molecular complexity index is 385. The van der Waals surface area contributed by atoms with Gasteiger partial charge in [0.25, 0.3) is 0 Å². The van der Waals surface area contributed by atoms with Gasteiger partial charge in [0.15, 0.2) is 6.10 Å². The highest BCUT2D eigenvalue weighted by Crippen LogP contribution is 2.18. The molecule has 2 aliphatic rings. The molecular weight excluding hydrogens is 278 g/mol. The molecule has 0 unspecified atom stereocenters. The van der Waals surface area contributed by atoms with Gasteiger partial charge in [-0.25, -0.2) is 9.59 Å². The van der Waals surface area contributed by atoms with Crippen LogP contribution in [-0.4, -0.2) is 67.7 Å². The van der Waals surface area contributed by atoms with Gasteiger partial charge in [0.2, 0.25) is 0 Å². The summed E-state index contributed by atoms with van der Waals surface area (Å²) >= 11 is 0. The van der Waals surface area contributed by atoms with Gasteiger partial charge < -0.3 is 23.8 Å². The third-order valence-corrected chi connectivity index (χ3v) is 3.16. The van der Waals surface area contributed by atoms with Crippen molar-refractivity contribution in [1.29, 1.82) is 0 Å². The molecule has 0 spiro atoms. The van der Waals surface area contributed by atoms with Gasteiger partial charge in [0.1, 0.15) is 11.7 Å². The summed E-state index contributed by atoms with van der Waals surface area (Å²) in [4.78, 5) is 25.4. The van der Waals surface area contributed by atoms with E-state index < -0.39 is 17.7 Å². The minimum atomic E-state index is -0.658. The van der Waals surface area contributed by atoms with Crippen LogP contribution in [0.5, 0.6) is 0 Å². The number of carbonyl (C=O) groups excluding carboxylic acids is 2. The van der Waals surface area contributed by atoms with Crippen molar-refractivity contribution in [3.8, 4) is 0 Å². The zero-order valence-corrected chi connectivity index (χ0v) is 12.8. The molecule has 2 rings (SSSR count). The van der Waals surface area contributed by atoms with E-state index in [1.807, 2.05) is 20.8 Å². The Morgan fingerprint density at radius 1 is 1.24 bits per heavy atom. The number of hydrogen-bond acceptors (Lipinski definition) is 6. The fraction of sp³-hybridized carbons (Fsp3) is 0.857. The van der Waals surface area contributed by atoms with E-state index in [2.05, 4.69) is 0 Å². The molecule has 7 heteroatoms. The lowest BCUT2D eigenvalue weighted by Gasteiger charge is -2.25. The maximum Gasteiger partial charge on any atom is 0.410 e. The normalized spacial score (nSPS) is 26.5. The highest BCUT2D eigenvalue weighted by molar-refractivity contribution is 5.75. The molecule has 2 saturated heterocycles. The monoisotopic (exact) mass is 301 g/mol. The van der Waals surface area contributed by atoms with E-state index in [4.69, 9.17) is 18.9 Å². The maximum absolute atomic E-state index is 11.9. The molecule has 120 valence electrons. The third-order valence-electron chi connectivity index (χ3n) is 3.16. The number of ether oxygens (including phenoxy) is 4. The molecule has 0 aromatic carbocycles. The van der Waals surface area contributed by atoms with Crippen LogP contribution in [0.2, 0.25) is 0 Å². The molecule has 0 saturated carbocycles. The Hall–Kier alpha value is -1.34. The van der Waals surface area contributed by atoms with E-state index >= 15 is 0 Å². The lowest BCUT2D eigenvalue weighted by atomic mass is 10.2. The molecule has 0 radical (unpaired) electrons. The molecule has 21 heavy (non-hydrogen) atoms. The highest BCUT2D eigenvalue weighted by Gasteiger charge is 2.34. The van der Waals surface area contributed by atoms with E-state index in [0.29, 0.717) is 32.7 Å². The molecule has 2 fully saturated rings. The molecule has 0 N–H and O–H groups in total. The van der Waals surface area contributed by atoms with Crippen LogP contribution in [0.15, 0.2) is 0 Å². The van der Waals surface area contributed by atoms with Crippen molar-refractivity contribution >= 4 is 12.1 Å². The summed E-state index contributed by atoms with van der Waals surface area (Å²) < 4.78 is 21.1. The van der Waals surface area contributed by atoms with Crippen LogP contribution < -0.4 is 0 Å². The van der Waals surface area contributed by atoms with Gasteiger partial charge in [0, 0.05) is 13.0 Å². The largest absolute Gasteiger partial charge is 0.458 e. The second-order valence-corrected chi connectivity index (χ2v) is 6.21. The second-order valence-electron chi connectivity index (χ2n) is 6.21. The van der Waals surface area contributed by atoms with Crippen LogP contribution in [0.25, 0.3) is 0 Å². The van der Waals surface area contributed by atoms with E-state index in [1.54, 1.807) is 4.90 Å². The molecule has 1 amide bonds. The summed E-state index contributed by atoms with van der Waals surface area (Å²) in [5.41, 5.74) is -0.529. The Morgan fingerprint density at radius 3 is 2.62 bits per heavy atom. The first kappa shape index (κ1) is 16.0. The van der Waals surface area contributed by atoms with Gasteiger partial charge in [-0.1, -0.05) is 0 Å². The zero-order valence-electron chi connectivity index (χ0n) is 12.8. The van der Waals surface area contributed by atoms with Gasteiger partial charge >= 0.3 is 12.1 Å². The summed E-state index contributed by atoms with van der Waals surface area (Å²) in [5, 5.41) is 0. The van der Waals surface area contributed by atoms with Gasteiger partial charge in [-0.15, -0.1) is 0 Å². The summed E-state index contributed by atoms with van der Waals surface area (Å²) in [6.45, 7) is 7.45. The lowest BCUT2D eigenvalue weighted by Crippen LogP contribution is -2.39. The van der Waals surface area contributed by atoms with Crippen molar-refractivity contribution in [2.45, 2.75) is 45.0 Å². The van der Waals surface area contributed by atoms with Gasteiger partial charge in [-0.3, -0.25) is 0 Å². The van der Waals surface area contributed by atoms with Crippen LogP contribution in [0.3, 0.4) is 0 Å². The van der Waals surface area contributed by atoms with Crippen molar-refractivity contribution in [2.75, 3.05) is 32.9 Å². The first-order valence-electron chi connectivity index (χ1n) is 7.23. The molecule has 2 heterocycles. The Labute approximate surface area is 124 Å². The van der Waals surface area contributed by atoms with E-state index in [0.717, 1.165) is 0 Å². The van der Waals surface area contributed by atoms with Crippen LogP contribution in [0, 0.1) is 0 Å². The number of amides is 1. The Balaban J connectivity index is 1.77. The third kappa shape index (κ3) is 4.86. The number of nitrogens with zero attached hydrogens (tertiary/aromatic N) is 1. The summed E-state index contributed by atoms with van der Waals surface area (Å²) in [5.74, 6) is -0.425. The fourth-order valence-electron chi connectivity index (χ4n) is 2.18. The standard InChI is InChI=1S/C14H23NO6/c1-14(2,3)21-13(17)15-5-4-10(8-15)20-12(16)11-9-18-6-7-19-11/h10-11H,4-9H2,1-3H3/t10-,11+/m0/s1. The minimum absolute atomic E-state index is 0.224. The number of carbonyl (C=O) groups is 2. The summed E-state index contributed by atoms with van der Waals surface area (Å²) in [6.07, 6.45) is -0.735. The molecule has 0 aliphatic carbocycles. The second kappa shape index (κ2) is 6.62. The molecular formula is C14H23NO6. The van der Waals surface area contributed by atoms with Crippen molar-refractivity contribution in [3.05, 3.63) is 0 Å². The van der Waals surface area contributed by atoms with Crippen LogP contribution >= 0.6 is 0 Å². The van der Waals surface area contributed by atoms with Crippen molar-refractivity contribution in [3.63, 3.8) is 0 Å². The maximum atomic E-state index is 11.9. The Morgan fingerprint density at radius 2 is 2.00 bits per heavy atom. The Kier molecular flexibility index (Phi) is 5.05. The average molecular weight is 301 g/mol. The van der Waals surface area contributed by atoms with E-state index in [-0.39, 0.29) is 18.8 Å². The molecule has 0 bridgehead atoms. The van der Waals surface area contributed by atoms with Gasteiger partial charge in [0.05, 0.1) is 26.4 Å². The summed E-state index contributed by atoms with van der Waals surface area (Å²) in [7, 11) is 0. The molecule has 2 atom stereocenters. The predicted molar refractivity (Wildman–Crippen MR) is 72.9 cm³/mol. The zero-order chi connectivity index (χ0) is 15.5. The molecule has 7 nitrogen and oxygen atoms in total. The van der Waals surface area contributed by atoms with Gasteiger partial charge in [-0.2, -0.15) is 0 Å². The molecule has 2 aliphatic heterocycles. The van der Waals surface area contributed by atoms with Crippen molar-refractivity contribution in [2.24, 2.45) is 0 Å². The minimum Gasteiger partial charge on any atom is -0.458 e. The van der Waals surface area contributed by atoms with Gasteiger partial charge in [-0.05, 0) is 20.8 Å². The average Bonchev–Trinajstić information content (AvgIpc) is 2.86. The number of likely N-dealkylation sites (tertiary alicyclic amines) is 1. The quantitative estimate of drug-likeness (QED) is 0.707. The van der Waals surface area contributed by atoms with E-state index in [9.17, 15) is 9.59 Å². The first-order chi connectivity index (χ1) is 9.85. The smallest absolute Gasteiger partial charge is 0.410 e. The van der Waals surface area contributed by atoms with Crippen LogP contribution in [-0.2, 0) is 23.7 Å². The van der Waals surface area contributed by atoms with E-state index in [1.165, 1.54) is 0 Å². The highest BCUT2D eigenvalue weighted by atomic mass is 16.6. The van der Waals surface area contributed by atoms with Crippen molar-refractivity contribution in [1.82, 2.24) is 4.90 Å². The topological polar surface area (TPSA) is 74.3 Å². The first-order valence-corrected chi connectivity index (χ1v) is 7.23. The van der Waals surface area contributed by atoms with Crippen LogP contribution in [0.1, 0.15) is 27.2 Å². The SMILES string of the molecule is CC(C)(C)OC(=O)N1CC[C@H](OC(=O)[C@H]2COCCO2)C1.